The number of benzene rings is 1. The summed E-state index contributed by atoms with van der Waals surface area (Å²) in [6.45, 7) is 2.37. The normalized spacial score (nSPS) is 11.9. The molecule has 0 bridgehead atoms. The maximum Gasteiger partial charge on any atom is 0.273 e. The number of nitrogens with zero attached hydrogens (tertiary/aromatic N) is 4. The van der Waals surface area contributed by atoms with E-state index in [9.17, 15) is 9.18 Å². The Morgan fingerprint density at radius 3 is 2.76 bits per heavy atom. The molecule has 128 valence electrons. The third-order valence-electron chi connectivity index (χ3n) is 3.88. The van der Waals surface area contributed by atoms with E-state index in [4.69, 9.17) is 0 Å². The van der Waals surface area contributed by atoms with Crippen molar-refractivity contribution in [3.63, 3.8) is 0 Å². The van der Waals surface area contributed by atoms with Crippen molar-refractivity contribution in [3.8, 4) is 0 Å². The van der Waals surface area contributed by atoms with Crippen molar-refractivity contribution >= 4 is 5.91 Å². The van der Waals surface area contributed by atoms with Gasteiger partial charge in [-0.05, 0) is 35.7 Å². The highest BCUT2D eigenvalue weighted by Crippen LogP contribution is 2.21. The van der Waals surface area contributed by atoms with E-state index >= 15 is 0 Å². The average molecular weight is 339 g/mol. The third kappa shape index (κ3) is 4.06. The topological polar surface area (TPSA) is 72.7 Å². The molecule has 0 unspecified atom stereocenters. The number of amides is 1. The van der Waals surface area contributed by atoms with Crippen LogP contribution in [0.1, 0.15) is 41.0 Å². The molecular weight excluding hydrogens is 321 g/mol. The van der Waals surface area contributed by atoms with Gasteiger partial charge < -0.3 is 5.32 Å². The lowest BCUT2D eigenvalue weighted by molar-refractivity contribution is 0.0946. The molecule has 1 amide bonds. The SMILES string of the molecule is CC[C@@H](c1ccc(F)cc1)n1cc(C(=O)NCc2cccnc2)nn1. The molecule has 0 radical (unpaired) electrons. The number of pyridine rings is 1. The maximum atomic E-state index is 13.1. The molecule has 1 aromatic carbocycles. The van der Waals surface area contributed by atoms with Gasteiger partial charge in [0.2, 0.25) is 0 Å². The van der Waals surface area contributed by atoms with Gasteiger partial charge in [-0.3, -0.25) is 9.78 Å². The molecule has 0 fully saturated rings. The van der Waals surface area contributed by atoms with Crippen LogP contribution in [0.4, 0.5) is 4.39 Å². The second-order valence-electron chi connectivity index (χ2n) is 5.60. The number of halogens is 1. The van der Waals surface area contributed by atoms with Crippen LogP contribution in [0, 0.1) is 5.82 Å². The van der Waals surface area contributed by atoms with Crippen LogP contribution in [0.15, 0.2) is 55.0 Å². The van der Waals surface area contributed by atoms with Crippen molar-refractivity contribution in [1.82, 2.24) is 25.3 Å². The zero-order valence-electron chi connectivity index (χ0n) is 13.8. The molecular formula is C18H18FN5O. The molecule has 0 aliphatic rings. The molecule has 0 saturated carbocycles. The smallest absolute Gasteiger partial charge is 0.273 e. The van der Waals surface area contributed by atoms with Crippen LogP contribution in [0.3, 0.4) is 0 Å². The van der Waals surface area contributed by atoms with Crippen molar-refractivity contribution in [3.05, 3.63) is 77.6 Å². The highest BCUT2D eigenvalue weighted by Gasteiger charge is 2.17. The predicted molar refractivity (Wildman–Crippen MR) is 90.3 cm³/mol. The van der Waals surface area contributed by atoms with Crippen molar-refractivity contribution in [2.75, 3.05) is 0 Å². The Balaban J connectivity index is 1.70. The minimum atomic E-state index is -0.302. The standard InChI is InChI=1S/C18H18FN5O/c1-2-17(14-5-7-15(19)8-6-14)24-12-16(22-23-24)18(25)21-11-13-4-3-9-20-10-13/h3-10,12,17H,2,11H2,1H3,(H,21,25)/t17-/m0/s1. The van der Waals surface area contributed by atoms with E-state index in [1.165, 1.54) is 12.1 Å². The van der Waals surface area contributed by atoms with Gasteiger partial charge in [-0.1, -0.05) is 30.3 Å². The first-order valence-corrected chi connectivity index (χ1v) is 8.01. The van der Waals surface area contributed by atoms with Crippen molar-refractivity contribution in [2.24, 2.45) is 0 Å². The first kappa shape index (κ1) is 16.8. The van der Waals surface area contributed by atoms with Crippen LogP contribution in [0.25, 0.3) is 0 Å². The molecule has 2 heterocycles. The summed E-state index contributed by atoms with van der Waals surface area (Å²) in [7, 11) is 0. The molecule has 2 aromatic heterocycles. The van der Waals surface area contributed by atoms with Crippen LogP contribution < -0.4 is 5.32 Å². The van der Waals surface area contributed by atoms with Gasteiger partial charge in [0.25, 0.3) is 5.91 Å². The lowest BCUT2D eigenvalue weighted by Crippen LogP contribution is -2.23. The number of aromatic nitrogens is 4. The first-order chi connectivity index (χ1) is 12.2. The zero-order chi connectivity index (χ0) is 17.6. The molecule has 0 saturated heterocycles. The minimum Gasteiger partial charge on any atom is -0.346 e. The van der Waals surface area contributed by atoms with Crippen LogP contribution in [0.2, 0.25) is 0 Å². The molecule has 6 nitrogen and oxygen atoms in total. The van der Waals surface area contributed by atoms with Gasteiger partial charge in [-0.2, -0.15) is 0 Å². The Morgan fingerprint density at radius 2 is 2.08 bits per heavy atom. The molecule has 3 rings (SSSR count). The monoisotopic (exact) mass is 339 g/mol. The van der Waals surface area contributed by atoms with Crippen LogP contribution in [0.5, 0.6) is 0 Å². The summed E-state index contributed by atoms with van der Waals surface area (Å²) < 4.78 is 14.7. The van der Waals surface area contributed by atoms with Gasteiger partial charge in [0.1, 0.15) is 5.82 Å². The fraction of sp³-hybridized carbons (Fsp3) is 0.222. The number of nitrogens with one attached hydrogen (secondary N) is 1. The summed E-state index contributed by atoms with van der Waals surface area (Å²) in [4.78, 5) is 16.2. The summed E-state index contributed by atoms with van der Waals surface area (Å²) in [5.74, 6) is -0.586. The first-order valence-electron chi connectivity index (χ1n) is 8.01. The highest BCUT2D eigenvalue weighted by molar-refractivity contribution is 5.91. The fourth-order valence-corrected chi connectivity index (χ4v) is 2.57. The summed E-state index contributed by atoms with van der Waals surface area (Å²) in [6, 6.07) is 9.85. The van der Waals surface area contributed by atoms with E-state index in [1.54, 1.807) is 35.4 Å². The van der Waals surface area contributed by atoms with Crippen LogP contribution in [-0.4, -0.2) is 25.9 Å². The van der Waals surface area contributed by atoms with Crippen LogP contribution >= 0.6 is 0 Å². The lowest BCUT2D eigenvalue weighted by Gasteiger charge is -2.14. The number of hydrogen-bond donors (Lipinski definition) is 1. The van der Waals surface area contributed by atoms with Gasteiger partial charge >= 0.3 is 0 Å². The van der Waals surface area contributed by atoms with Crippen molar-refractivity contribution in [1.29, 1.82) is 0 Å². The van der Waals surface area contributed by atoms with Crippen molar-refractivity contribution in [2.45, 2.75) is 25.9 Å². The van der Waals surface area contributed by atoms with E-state index in [1.807, 2.05) is 19.1 Å². The molecule has 25 heavy (non-hydrogen) atoms. The van der Waals surface area contributed by atoms with E-state index in [0.29, 0.717) is 6.54 Å². The number of rotatable bonds is 6. The summed E-state index contributed by atoms with van der Waals surface area (Å²) in [5.41, 5.74) is 2.06. The minimum absolute atomic E-state index is 0.104. The Morgan fingerprint density at radius 1 is 1.28 bits per heavy atom. The van der Waals surface area contributed by atoms with E-state index in [-0.39, 0.29) is 23.5 Å². The van der Waals surface area contributed by atoms with Gasteiger partial charge in [0, 0.05) is 18.9 Å². The Hall–Kier alpha value is -3.09. The fourth-order valence-electron chi connectivity index (χ4n) is 2.57. The van der Waals surface area contributed by atoms with Gasteiger partial charge in [-0.25, -0.2) is 9.07 Å². The lowest BCUT2D eigenvalue weighted by atomic mass is 10.0. The molecule has 3 aromatic rings. The summed E-state index contributed by atoms with van der Waals surface area (Å²) >= 11 is 0. The summed E-state index contributed by atoms with van der Waals surface area (Å²) in [6.07, 6.45) is 5.72. The molecule has 1 atom stereocenters. The third-order valence-corrected chi connectivity index (χ3v) is 3.88. The maximum absolute atomic E-state index is 13.1. The van der Waals surface area contributed by atoms with Crippen LogP contribution in [-0.2, 0) is 6.54 Å². The Labute approximate surface area is 144 Å². The molecule has 0 aliphatic heterocycles. The predicted octanol–water partition coefficient (Wildman–Crippen LogP) is 2.74. The Bertz CT molecular complexity index is 832. The van der Waals surface area contributed by atoms with E-state index < -0.39 is 0 Å². The zero-order valence-corrected chi connectivity index (χ0v) is 13.8. The molecule has 1 N–H and O–H groups in total. The van der Waals surface area contributed by atoms with E-state index in [2.05, 4.69) is 20.6 Å². The number of carbonyl (C=O) groups excluding carboxylic acids is 1. The number of carbonyl (C=O) groups is 1. The van der Waals surface area contributed by atoms with Gasteiger partial charge in [0.05, 0.1) is 12.2 Å². The number of hydrogen-bond acceptors (Lipinski definition) is 4. The van der Waals surface area contributed by atoms with Gasteiger partial charge in [-0.15, -0.1) is 5.10 Å². The molecule has 0 aliphatic carbocycles. The second kappa shape index (κ2) is 7.65. The quantitative estimate of drug-likeness (QED) is 0.749. The van der Waals surface area contributed by atoms with Crippen molar-refractivity contribution < 1.29 is 9.18 Å². The largest absolute Gasteiger partial charge is 0.346 e. The molecule has 0 spiro atoms. The summed E-state index contributed by atoms with van der Waals surface area (Å²) in [5, 5.41) is 10.8. The Kier molecular flexibility index (Phi) is 5.13. The van der Waals surface area contributed by atoms with Gasteiger partial charge in [0.15, 0.2) is 5.69 Å². The average Bonchev–Trinajstić information content (AvgIpc) is 3.13. The second-order valence-corrected chi connectivity index (χ2v) is 5.60. The molecule has 7 heteroatoms. The highest BCUT2D eigenvalue weighted by atomic mass is 19.1. The van der Waals surface area contributed by atoms with E-state index in [0.717, 1.165) is 17.5 Å².